The van der Waals surface area contributed by atoms with Crippen LogP contribution in [0, 0.1) is 0 Å². The van der Waals surface area contributed by atoms with Crippen molar-refractivity contribution in [2.45, 2.75) is 26.2 Å². The second-order valence-electron chi connectivity index (χ2n) is 3.70. The lowest BCUT2D eigenvalue weighted by molar-refractivity contribution is 0.415. The highest BCUT2D eigenvalue weighted by Crippen LogP contribution is 2.12. The molecule has 1 heteroatoms. The van der Waals surface area contributed by atoms with Crippen molar-refractivity contribution >= 4 is 6.08 Å². The molecule has 1 nitrogen and oxygen atoms in total. The summed E-state index contributed by atoms with van der Waals surface area (Å²) in [5, 5.41) is 0. The van der Waals surface area contributed by atoms with Gasteiger partial charge in [0.1, 0.15) is 5.75 Å². The Kier molecular flexibility index (Phi) is 6.09. The van der Waals surface area contributed by atoms with Crippen LogP contribution in [0.5, 0.6) is 5.75 Å². The normalized spacial score (nSPS) is 11.4. The van der Waals surface area contributed by atoms with Crippen LogP contribution in [-0.2, 0) is 0 Å². The second kappa shape index (κ2) is 7.75. The Bertz CT molecular complexity index is 333. The van der Waals surface area contributed by atoms with Crippen LogP contribution in [0.4, 0.5) is 0 Å². The molecule has 0 radical (unpaired) electrons. The van der Waals surface area contributed by atoms with E-state index in [1.54, 1.807) is 7.11 Å². The Balaban J connectivity index is 2.40. The molecule has 0 spiro atoms. The summed E-state index contributed by atoms with van der Waals surface area (Å²) in [6.07, 6.45) is 12.2. The molecule has 0 aliphatic carbocycles. The van der Waals surface area contributed by atoms with Crippen LogP contribution >= 0.6 is 0 Å². The smallest absolute Gasteiger partial charge is 0.118 e. The number of hydrogen-bond donors (Lipinski definition) is 0. The first-order valence-corrected chi connectivity index (χ1v) is 5.84. The van der Waals surface area contributed by atoms with Crippen molar-refractivity contribution in [3.8, 4) is 5.75 Å². The van der Waals surface area contributed by atoms with E-state index in [2.05, 4.69) is 43.4 Å². The standard InChI is InChI=1S/C15H20O/c1-3-4-5-6-7-8-9-14-10-12-15(16-2)13-11-14/h6-13H,3-5H2,1-2H3/b7-6+,9-8+. The maximum absolute atomic E-state index is 5.10. The van der Waals surface area contributed by atoms with Crippen LogP contribution in [0.1, 0.15) is 31.7 Å². The number of benzene rings is 1. The number of allylic oxidation sites excluding steroid dienone is 3. The van der Waals surface area contributed by atoms with E-state index in [0.717, 1.165) is 5.75 Å². The van der Waals surface area contributed by atoms with Crippen molar-refractivity contribution in [2.75, 3.05) is 7.11 Å². The fourth-order valence-corrected chi connectivity index (χ4v) is 1.38. The van der Waals surface area contributed by atoms with Crippen LogP contribution in [0.3, 0.4) is 0 Å². The highest BCUT2D eigenvalue weighted by molar-refractivity contribution is 5.52. The highest BCUT2D eigenvalue weighted by atomic mass is 16.5. The minimum Gasteiger partial charge on any atom is -0.497 e. The predicted molar refractivity (Wildman–Crippen MR) is 70.7 cm³/mol. The first-order valence-electron chi connectivity index (χ1n) is 5.84. The Morgan fingerprint density at radius 3 is 2.50 bits per heavy atom. The van der Waals surface area contributed by atoms with E-state index in [1.807, 2.05) is 12.1 Å². The molecule has 1 aromatic carbocycles. The van der Waals surface area contributed by atoms with E-state index in [9.17, 15) is 0 Å². The number of rotatable bonds is 6. The Hall–Kier alpha value is -1.50. The molecule has 0 saturated heterocycles. The summed E-state index contributed by atoms with van der Waals surface area (Å²) in [5.74, 6) is 0.899. The summed E-state index contributed by atoms with van der Waals surface area (Å²) in [5.41, 5.74) is 1.20. The van der Waals surface area contributed by atoms with Crippen LogP contribution < -0.4 is 4.74 Å². The minimum absolute atomic E-state index is 0.899. The van der Waals surface area contributed by atoms with Crippen LogP contribution in [0.2, 0.25) is 0 Å². The monoisotopic (exact) mass is 216 g/mol. The van der Waals surface area contributed by atoms with Gasteiger partial charge in [-0.1, -0.05) is 56.2 Å². The molecule has 0 bridgehead atoms. The maximum Gasteiger partial charge on any atom is 0.118 e. The first kappa shape index (κ1) is 12.6. The molecular formula is C15H20O. The molecule has 0 aliphatic heterocycles. The molecule has 0 aromatic heterocycles. The second-order valence-corrected chi connectivity index (χ2v) is 3.70. The molecule has 0 aliphatic rings. The highest BCUT2D eigenvalue weighted by Gasteiger charge is 1.88. The van der Waals surface area contributed by atoms with Crippen molar-refractivity contribution < 1.29 is 4.74 Å². The largest absolute Gasteiger partial charge is 0.497 e. The predicted octanol–water partition coefficient (Wildman–Crippen LogP) is 4.45. The molecule has 0 saturated carbocycles. The molecule has 0 unspecified atom stereocenters. The van der Waals surface area contributed by atoms with Gasteiger partial charge in [-0.05, 0) is 24.1 Å². The molecule has 0 heterocycles. The van der Waals surface area contributed by atoms with Gasteiger partial charge in [0.05, 0.1) is 7.11 Å². The van der Waals surface area contributed by atoms with Gasteiger partial charge < -0.3 is 4.74 Å². The molecule has 1 rings (SSSR count). The third-order valence-corrected chi connectivity index (χ3v) is 2.38. The number of ether oxygens (including phenoxy) is 1. The number of hydrogen-bond acceptors (Lipinski definition) is 1. The van der Waals surface area contributed by atoms with Crippen LogP contribution in [0.25, 0.3) is 6.08 Å². The molecule has 0 fully saturated rings. The van der Waals surface area contributed by atoms with Crippen molar-refractivity contribution in [1.82, 2.24) is 0 Å². The quantitative estimate of drug-likeness (QED) is 0.504. The van der Waals surface area contributed by atoms with E-state index in [-0.39, 0.29) is 0 Å². The fourth-order valence-electron chi connectivity index (χ4n) is 1.38. The Labute approximate surface area is 98.5 Å². The van der Waals surface area contributed by atoms with Crippen molar-refractivity contribution in [3.05, 3.63) is 48.1 Å². The molecule has 16 heavy (non-hydrogen) atoms. The maximum atomic E-state index is 5.10. The van der Waals surface area contributed by atoms with Gasteiger partial charge in [0, 0.05) is 0 Å². The fraction of sp³-hybridized carbons (Fsp3) is 0.333. The number of methoxy groups -OCH3 is 1. The van der Waals surface area contributed by atoms with E-state index < -0.39 is 0 Å². The van der Waals surface area contributed by atoms with Gasteiger partial charge in [0.15, 0.2) is 0 Å². The van der Waals surface area contributed by atoms with E-state index in [4.69, 9.17) is 4.74 Å². The minimum atomic E-state index is 0.899. The summed E-state index contributed by atoms with van der Waals surface area (Å²) in [7, 11) is 1.68. The summed E-state index contributed by atoms with van der Waals surface area (Å²) in [6.45, 7) is 2.21. The van der Waals surface area contributed by atoms with Gasteiger partial charge >= 0.3 is 0 Å². The zero-order chi connectivity index (χ0) is 11.6. The van der Waals surface area contributed by atoms with Gasteiger partial charge in [-0.15, -0.1) is 0 Å². The Morgan fingerprint density at radius 1 is 1.12 bits per heavy atom. The van der Waals surface area contributed by atoms with Crippen molar-refractivity contribution in [1.29, 1.82) is 0 Å². The zero-order valence-corrected chi connectivity index (χ0v) is 10.1. The van der Waals surface area contributed by atoms with E-state index in [0.29, 0.717) is 0 Å². The van der Waals surface area contributed by atoms with Crippen molar-refractivity contribution in [2.24, 2.45) is 0 Å². The molecular weight excluding hydrogens is 196 g/mol. The van der Waals surface area contributed by atoms with Gasteiger partial charge in [-0.3, -0.25) is 0 Å². The van der Waals surface area contributed by atoms with Crippen LogP contribution in [0.15, 0.2) is 42.5 Å². The van der Waals surface area contributed by atoms with E-state index >= 15 is 0 Å². The van der Waals surface area contributed by atoms with Gasteiger partial charge in [0.2, 0.25) is 0 Å². The molecule has 0 amide bonds. The SMILES string of the molecule is CCCC/C=C/C=C/c1ccc(OC)cc1. The lowest BCUT2D eigenvalue weighted by Gasteiger charge is -1.98. The summed E-state index contributed by atoms with van der Waals surface area (Å²) in [4.78, 5) is 0. The Morgan fingerprint density at radius 2 is 1.88 bits per heavy atom. The lowest BCUT2D eigenvalue weighted by Crippen LogP contribution is -1.81. The molecule has 86 valence electrons. The van der Waals surface area contributed by atoms with E-state index in [1.165, 1.54) is 24.8 Å². The molecule has 1 aromatic rings. The zero-order valence-electron chi connectivity index (χ0n) is 10.1. The topological polar surface area (TPSA) is 9.23 Å². The summed E-state index contributed by atoms with van der Waals surface area (Å²) >= 11 is 0. The van der Waals surface area contributed by atoms with Crippen LogP contribution in [-0.4, -0.2) is 7.11 Å². The third-order valence-electron chi connectivity index (χ3n) is 2.38. The summed E-state index contributed by atoms with van der Waals surface area (Å²) in [6, 6.07) is 8.05. The molecule has 0 atom stereocenters. The third kappa shape index (κ3) is 4.83. The van der Waals surface area contributed by atoms with Gasteiger partial charge in [0.25, 0.3) is 0 Å². The van der Waals surface area contributed by atoms with Crippen molar-refractivity contribution in [3.63, 3.8) is 0 Å². The van der Waals surface area contributed by atoms with Gasteiger partial charge in [-0.25, -0.2) is 0 Å². The summed E-state index contributed by atoms with van der Waals surface area (Å²) < 4.78 is 5.10. The first-order chi connectivity index (χ1) is 7.86. The average Bonchev–Trinajstić information content (AvgIpc) is 2.34. The number of unbranched alkanes of at least 4 members (excludes halogenated alkanes) is 2. The van der Waals surface area contributed by atoms with Gasteiger partial charge in [-0.2, -0.15) is 0 Å². The average molecular weight is 216 g/mol. The lowest BCUT2D eigenvalue weighted by atomic mass is 10.2. The molecule has 0 N–H and O–H groups in total.